The maximum absolute atomic E-state index is 13.0. The molecule has 2 rings (SSSR count). The number of nitrogens with zero attached hydrogens (tertiary/aromatic N) is 2. The largest absolute Gasteiger partial charge is 0.370 e. The predicted octanol–water partition coefficient (Wildman–Crippen LogP) is 4.53. The molecule has 0 saturated carbocycles. The summed E-state index contributed by atoms with van der Waals surface area (Å²) in [6.45, 7) is 1.93. The molecule has 0 unspecified atom stereocenters. The summed E-state index contributed by atoms with van der Waals surface area (Å²) in [5.74, 6) is -1.12. The number of carbonyl (C=O) groups is 2. The Balaban J connectivity index is 2.50. The first-order chi connectivity index (χ1) is 11.7. The highest BCUT2D eigenvalue weighted by Crippen LogP contribution is 2.37. The summed E-state index contributed by atoms with van der Waals surface area (Å²) in [6, 6.07) is 7.17. The van der Waals surface area contributed by atoms with E-state index in [1.54, 1.807) is 18.2 Å². The molecule has 0 radical (unpaired) electrons. The summed E-state index contributed by atoms with van der Waals surface area (Å²) < 4.78 is 0. The zero-order valence-electron chi connectivity index (χ0n) is 13.0. The van der Waals surface area contributed by atoms with Gasteiger partial charge in [-0.3, -0.25) is 9.59 Å². The fourth-order valence-corrected chi connectivity index (χ4v) is 2.93. The molecule has 1 heterocycles. The van der Waals surface area contributed by atoms with Crippen LogP contribution in [-0.4, -0.2) is 23.3 Å². The third-order valence-corrected chi connectivity index (χ3v) is 5.00. The average molecular weight is 421 g/mol. The van der Waals surface area contributed by atoms with E-state index in [1.165, 1.54) is 4.90 Å². The molecule has 2 amide bonds. The molecule has 5 nitrogen and oxygen atoms in total. The van der Waals surface area contributed by atoms with E-state index < -0.39 is 11.8 Å². The van der Waals surface area contributed by atoms with E-state index in [-0.39, 0.29) is 38.9 Å². The Bertz CT molecular complexity index is 842. The topological polar surface area (TPSA) is 76.3 Å². The van der Waals surface area contributed by atoms with Crippen LogP contribution < -0.4 is 10.6 Å². The van der Waals surface area contributed by atoms with Crippen molar-refractivity contribution in [3.63, 3.8) is 0 Å². The van der Waals surface area contributed by atoms with Gasteiger partial charge in [0.15, 0.2) is 5.69 Å². The van der Waals surface area contributed by atoms with Crippen molar-refractivity contribution in [3.8, 4) is 0 Å². The number of carbonyl (C=O) groups excluding carboxylic acids is 2. The lowest BCUT2D eigenvalue weighted by molar-refractivity contribution is -0.117. The molecule has 25 heavy (non-hydrogen) atoms. The van der Waals surface area contributed by atoms with Crippen LogP contribution in [0.4, 0.5) is 5.69 Å². The van der Waals surface area contributed by atoms with Crippen molar-refractivity contribution < 1.29 is 9.59 Å². The molecule has 0 atom stereocenters. The minimum absolute atomic E-state index is 0.0354. The Morgan fingerprint density at radius 3 is 2.40 bits per heavy atom. The molecular formula is C16H13Cl4N3O2. The van der Waals surface area contributed by atoms with E-state index in [0.717, 1.165) is 5.56 Å². The Labute approximate surface area is 164 Å². The molecule has 0 bridgehead atoms. The number of rotatable bonds is 5. The fourth-order valence-electron chi connectivity index (χ4n) is 2.12. The Morgan fingerprint density at radius 2 is 1.80 bits per heavy atom. The minimum Gasteiger partial charge on any atom is -0.370 e. The SMILES string of the molecule is Cc1cccc(N(CCC(N)=O)C(=O)c2nc(Cl)c(Cl)c(Cl)c2Cl)c1. The molecule has 1 aromatic heterocycles. The first-order valence-electron chi connectivity index (χ1n) is 7.09. The number of primary amides is 1. The fraction of sp³-hybridized carbons (Fsp3) is 0.188. The predicted molar refractivity (Wildman–Crippen MR) is 101 cm³/mol. The van der Waals surface area contributed by atoms with Gasteiger partial charge in [-0.15, -0.1) is 0 Å². The Hall–Kier alpha value is -1.53. The van der Waals surface area contributed by atoms with Crippen LogP contribution in [-0.2, 0) is 4.79 Å². The summed E-state index contributed by atoms with van der Waals surface area (Å²) in [5.41, 5.74) is 6.54. The number of nitrogens with two attached hydrogens (primary N) is 1. The summed E-state index contributed by atoms with van der Waals surface area (Å²) in [4.78, 5) is 29.4. The molecular weight excluding hydrogens is 408 g/mol. The Morgan fingerprint density at radius 1 is 1.12 bits per heavy atom. The first-order valence-corrected chi connectivity index (χ1v) is 8.60. The van der Waals surface area contributed by atoms with Crippen molar-refractivity contribution in [2.45, 2.75) is 13.3 Å². The summed E-state index contributed by atoms with van der Waals surface area (Å²) in [7, 11) is 0. The van der Waals surface area contributed by atoms with Crippen LogP contribution in [0.1, 0.15) is 22.5 Å². The van der Waals surface area contributed by atoms with Crippen molar-refractivity contribution in [2.24, 2.45) is 5.73 Å². The maximum atomic E-state index is 13.0. The third kappa shape index (κ3) is 4.55. The molecule has 9 heteroatoms. The number of halogens is 4. The number of benzene rings is 1. The smallest absolute Gasteiger partial charge is 0.278 e. The zero-order valence-corrected chi connectivity index (χ0v) is 16.0. The van der Waals surface area contributed by atoms with Gasteiger partial charge in [-0.1, -0.05) is 58.5 Å². The highest BCUT2D eigenvalue weighted by molar-refractivity contribution is 6.52. The van der Waals surface area contributed by atoms with Gasteiger partial charge in [0.25, 0.3) is 5.91 Å². The normalized spacial score (nSPS) is 10.6. The monoisotopic (exact) mass is 419 g/mol. The van der Waals surface area contributed by atoms with Crippen LogP contribution in [0.25, 0.3) is 0 Å². The van der Waals surface area contributed by atoms with Gasteiger partial charge in [0.05, 0.1) is 15.1 Å². The zero-order chi connectivity index (χ0) is 18.7. The quantitative estimate of drug-likeness (QED) is 0.722. The van der Waals surface area contributed by atoms with Crippen molar-refractivity contribution in [3.05, 3.63) is 55.7 Å². The average Bonchev–Trinajstić information content (AvgIpc) is 2.56. The van der Waals surface area contributed by atoms with Crippen LogP contribution in [0, 0.1) is 6.92 Å². The maximum Gasteiger partial charge on any atom is 0.278 e. The van der Waals surface area contributed by atoms with Gasteiger partial charge in [0.1, 0.15) is 5.15 Å². The molecule has 2 N–H and O–H groups in total. The number of hydrogen-bond acceptors (Lipinski definition) is 3. The van der Waals surface area contributed by atoms with Gasteiger partial charge >= 0.3 is 0 Å². The number of aromatic nitrogens is 1. The van der Waals surface area contributed by atoms with Gasteiger partial charge in [0.2, 0.25) is 5.91 Å². The van der Waals surface area contributed by atoms with Crippen molar-refractivity contribution in [2.75, 3.05) is 11.4 Å². The van der Waals surface area contributed by atoms with Crippen molar-refractivity contribution in [1.29, 1.82) is 0 Å². The number of amides is 2. The molecule has 0 spiro atoms. The second-order valence-electron chi connectivity index (χ2n) is 5.21. The molecule has 132 valence electrons. The van der Waals surface area contributed by atoms with E-state index in [2.05, 4.69) is 4.98 Å². The van der Waals surface area contributed by atoms with E-state index in [0.29, 0.717) is 5.69 Å². The van der Waals surface area contributed by atoms with Crippen LogP contribution in [0.15, 0.2) is 24.3 Å². The van der Waals surface area contributed by atoms with E-state index >= 15 is 0 Å². The molecule has 0 fully saturated rings. The highest BCUT2D eigenvalue weighted by Gasteiger charge is 2.26. The van der Waals surface area contributed by atoms with Crippen molar-refractivity contribution in [1.82, 2.24) is 4.98 Å². The number of hydrogen-bond donors (Lipinski definition) is 1. The molecule has 0 aliphatic carbocycles. The number of anilines is 1. The van der Waals surface area contributed by atoms with Gasteiger partial charge in [-0.25, -0.2) is 4.98 Å². The molecule has 0 aliphatic heterocycles. The summed E-state index contributed by atoms with van der Waals surface area (Å²) in [6.07, 6.45) is -0.0354. The van der Waals surface area contributed by atoms with Gasteiger partial charge in [0, 0.05) is 18.7 Å². The highest BCUT2D eigenvalue weighted by atomic mass is 35.5. The lowest BCUT2D eigenvalue weighted by Gasteiger charge is -2.23. The standard InChI is InChI=1S/C16H13Cl4N3O2/c1-8-3-2-4-9(7-8)23(6-5-10(21)24)16(25)14-12(18)11(17)13(19)15(20)22-14/h2-4,7H,5-6H2,1H3,(H2,21,24). The van der Waals surface area contributed by atoms with Crippen LogP contribution in [0.5, 0.6) is 0 Å². The second-order valence-corrected chi connectivity index (χ2v) is 6.70. The number of pyridine rings is 1. The number of aryl methyl sites for hydroxylation is 1. The summed E-state index contributed by atoms with van der Waals surface area (Å²) in [5, 5.41) is -0.355. The molecule has 0 saturated heterocycles. The summed E-state index contributed by atoms with van der Waals surface area (Å²) >= 11 is 23.9. The lowest BCUT2D eigenvalue weighted by atomic mass is 10.2. The van der Waals surface area contributed by atoms with Gasteiger partial charge in [-0.05, 0) is 24.6 Å². The molecule has 0 aliphatic rings. The van der Waals surface area contributed by atoms with Crippen molar-refractivity contribution >= 4 is 63.9 Å². The first kappa shape index (κ1) is 19.8. The van der Waals surface area contributed by atoms with Gasteiger partial charge in [-0.2, -0.15) is 0 Å². The second kappa shape index (κ2) is 8.23. The Kier molecular flexibility index (Phi) is 6.52. The third-order valence-electron chi connectivity index (χ3n) is 3.33. The van der Waals surface area contributed by atoms with Crippen LogP contribution >= 0.6 is 46.4 Å². The van der Waals surface area contributed by atoms with E-state index in [9.17, 15) is 9.59 Å². The minimum atomic E-state index is -0.572. The molecule has 1 aromatic carbocycles. The van der Waals surface area contributed by atoms with E-state index in [4.69, 9.17) is 52.1 Å². The van der Waals surface area contributed by atoms with Gasteiger partial charge < -0.3 is 10.6 Å². The molecule has 2 aromatic rings. The lowest BCUT2D eigenvalue weighted by Crippen LogP contribution is -2.35. The van der Waals surface area contributed by atoms with E-state index in [1.807, 2.05) is 13.0 Å². The van der Waals surface area contributed by atoms with Crippen LogP contribution in [0.2, 0.25) is 20.2 Å². The van der Waals surface area contributed by atoms with Crippen LogP contribution in [0.3, 0.4) is 0 Å².